The summed E-state index contributed by atoms with van der Waals surface area (Å²) in [6.45, 7) is 0. The first-order valence-electron chi connectivity index (χ1n) is 6.16. The van der Waals surface area contributed by atoms with Gasteiger partial charge in [-0.05, 0) is 52.3 Å². The molecule has 0 aliphatic carbocycles. The molecule has 1 amide bonds. The lowest BCUT2D eigenvalue weighted by Crippen LogP contribution is -2.17. The highest BCUT2D eigenvalue weighted by Gasteiger charge is 2.19. The Morgan fingerprint density at radius 3 is 2.13 bits per heavy atom. The molecule has 0 heterocycles. The van der Waals surface area contributed by atoms with Crippen molar-refractivity contribution < 1.29 is 24.6 Å². The van der Waals surface area contributed by atoms with Gasteiger partial charge in [-0.25, -0.2) is 9.59 Å². The van der Waals surface area contributed by atoms with E-state index in [-0.39, 0.29) is 16.7 Å². The van der Waals surface area contributed by atoms with E-state index >= 15 is 0 Å². The highest BCUT2D eigenvalue weighted by molar-refractivity contribution is 9.11. The lowest BCUT2D eigenvalue weighted by molar-refractivity contribution is 0.0692. The molecule has 118 valence electrons. The normalized spacial score (nSPS) is 10.2. The summed E-state index contributed by atoms with van der Waals surface area (Å²) in [5.41, 5.74) is -0.256. The molecule has 3 N–H and O–H groups in total. The number of carbonyl (C=O) groups is 3. The van der Waals surface area contributed by atoms with Crippen LogP contribution in [0.15, 0.2) is 45.3 Å². The third-order valence-electron chi connectivity index (χ3n) is 2.92. The maximum absolute atomic E-state index is 12.3. The van der Waals surface area contributed by atoms with Crippen molar-refractivity contribution in [2.75, 3.05) is 5.32 Å². The van der Waals surface area contributed by atoms with Gasteiger partial charge in [0.25, 0.3) is 5.91 Å². The number of hydrogen-bond acceptors (Lipinski definition) is 3. The fourth-order valence-electron chi connectivity index (χ4n) is 1.83. The Morgan fingerprint density at radius 1 is 0.870 bits per heavy atom. The number of halogens is 2. The number of amides is 1. The smallest absolute Gasteiger partial charge is 0.336 e. The first-order valence-corrected chi connectivity index (χ1v) is 7.75. The third-order valence-corrected chi connectivity index (χ3v) is 4.07. The molecular weight excluding hydrogens is 434 g/mol. The summed E-state index contributed by atoms with van der Waals surface area (Å²) < 4.78 is 1.42. The molecule has 2 aromatic carbocycles. The van der Waals surface area contributed by atoms with Crippen LogP contribution in [-0.4, -0.2) is 28.1 Å². The highest BCUT2D eigenvalue weighted by atomic mass is 79.9. The van der Waals surface area contributed by atoms with Gasteiger partial charge in [-0.1, -0.05) is 15.9 Å². The lowest BCUT2D eigenvalue weighted by Gasteiger charge is -2.10. The van der Waals surface area contributed by atoms with E-state index in [0.717, 1.165) is 10.5 Å². The zero-order valence-corrected chi connectivity index (χ0v) is 14.5. The number of aromatic carboxylic acids is 2. The Balaban J connectivity index is 2.38. The molecule has 0 radical (unpaired) electrons. The molecule has 0 fully saturated rings. The molecular formula is C15H9Br2NO5. The van der Waals surface area contributed by atoms with Crippen LogP contribution in [-0.2, 0) is 0 Å². The molecule has 0 saturated carbocycles. The summed E-state index contributed by atoms with van der Waals surface area (Å²) in [7, 11) is 0. The maximum Gasteiger partial charge on any atom is 0.336 e. The predicted octanol–water partition coefficient (Wildman–Crippen LogP) is 3.86. The molecule has 2 aromatic rings. The van der Waals surface area contributed by atoms with Gasteiger partial charge < -0.3 is 15.5 Å². The van der Waals surface area contributed by atoms with Crippen molar-refractivity contribution in [2.45, 2.75) is 0 Å². The summed E-state index contributed by atoms with van der Waals surface area (Å²) in [6.07, 6.45) is 0. The molecule has 0 bridgehead atoms. The van der Waals surface area contributed by atoms with Gasteiger partial charge in [0.05, 0.1) is 22.4 Å². The minimum atomic E-state index is -1.38. The standard InChI is InChI=1S/C15H9Br2NO5/c16-8-2-4-12(11(17)6-8)18-13(19)9-3-1-7(14(20)21)5-10(9)15(22)23/h1-6H,(H,18,19)(H,20,21)(H,22,23). The van der Waals surface area contributed by atoms with Crippen LogP contribution >= 0.6 is 31.9 Å². The maximum atomic E-state index is 12.3. The van der Waals surface area contributed by atoms with Crippen molar-refractivity contribution >= 4 is 55.4 Å². The van der Waals surface area contributed by atoms with Gasteiger partial charge in [0.15, 0.2) is 0 Å². The summed E-state index contributed by atoms with van der Waals surface area (Å²) in [4.78, 5) is 34.5. The molecule has 0 aliphatic heterocycles. The van der Waals surface area contributed by atoms with Gasteiger partial charge in [0.2, 0.25) is 0 Å². The molecule has 23 heavy (non-hydrogen) atoms. The number of rotatable bonds is 4. The first kappa shape index (κ1) is 17.2. The minimum Gasteiger partial charge on any atom is -0.478 e. The van der Waals surface area contributed by atoms with E-state index < -0.39 is 17.8 Å². The number of carbonyl (C=O) groups excluding carboxylic acids is 1. The fourth-order valence-corrected chi connectivity index (χ4v) is 2.98. The average molecular weight is 443 g/mol. The largest absolute Gasteiger partial charge is 0.478 e. The van der Waals surface area contributed by atoms with Crippen LogP contribution in [0.2, 0.25) is 0 Å². The Hall–Kier alpha value is -2.19. The van der Waals surface area contributed by atoms with Crippen LogP contribution in [0, 0.1) is 0 Å². The quantitative estimate of drug-likeness (QED) is 0.666. The van der Waals surface area contributed by atoms with Crippen molar-refractivity contribution in [3.8, 4) is 0 Å². The first-order chi connectivity index (χ1) is 10.8. The van der Waals surface area contributed by atoms with Crippen LogP contribution in [0.1, 0.15) is 31.1 Å². The predicted molar refractivity (Wildman–Crippen MR) is 90.2 cm³/mol. The zero-order valence-electron chi connectivity index (χ0n) is 11.3. The molecule has 8 heteroatoms. The van der Waals surface area contributed by atoms with Crippen molar-refractivity contribution in [3.63, 3.8) is 0 Å². The summed E-state index contributed by atoms with van der Waals surface area (Å²) in [5, 5.41) is 20.7. The molecule has 0 unspecified atom stereocenters. The van der Waals surface area contributed by atoms with Gasteiger partial charge in [-0.3, -0.25) is 4.79 Å². The second-order valence-electron chi connectivity index (χ2n) is 4.45. The van der Waals surface area contributed by atoms with E-state index in [0.29, 0.717) is 10.2 Å². The van der Waals surface area contributed by atoms with Crippen molar-refractivity contribution in [1.29, 1.82) is 0 Å². The number of carboxylic acids is 2. The monoisotopic (exact) mass is 441 g/mol. The summed E-state index contributed by atoms with van der Waals surface area (Å²) >= 11 is 6.57. The molecule has 2 rings (SSSR count). The number of hydrogen-bond donors (Lipinski definition) is 3. The molecule has 6 nitrogen and oxygen atoms in total. The number of benzene rings is 2. The van der Waals surface area contributed by atoms with Crippen molar-refractivity contribution in [1.82, 2.24) is 0 Å². The Kier molecular flexibility index (Phi) is 5.17. The number of carboxylic acid groups (broad SMARTS) is 2. The van der Waals surface area contributed by atoms with Gasteiger partial charge >= 0.3 is 11.9 Å². The third kappa shape index (κ3) is 3.96. The van der Waals surface area contributed by atoms with E-state index in [1.165, 1.54) is 12.1 Å². The highest BCUT2D eigenvalue weighted by Crippen LogP contribution is 2.27. The topological polar surface area (TPSA) is 104 Å². The van der Waals surface area contributed by atoms with Crippen LogP contribution in [0.4, 0.5) is 5.69 Å². The van der Waals surface area contributed by atoms with E-state index in [1.54, 1.807) is 18.2 Å². The molecule has 0 aromatic heterocycles. The minimum absolute atomic E-state index is 0.127. The lowest BCUT2D eigenvalue weighted by atomic mass is 10.0. The fraction of sp³-hybridized carbons (Fsp3) is 0. The van der Waals surface area contributed by atoms with Crippen molar-refractivity contribution in [3.05, 3.63) is 62.0 Å². The van der Waals surface area contributed by atoms with Gasteiger partial charge in [-0.15, -0.1) is 0 Å². The molecule has 0 saturated heterocycles. The zero-order chi connectivity index (χ0) is 17.1. The Bertz CT molecular complexity index is 820. The van der Waals surface area contributed by atoms with Crippen LogP contribution in [0.5, 0.6) is 0 Å². The SMILES string of the molecule is O=C(O)c1ccc(C(=O)Nc2ccc(Br)cc2Br)c(C(=O)O)c1. The van der Waals surface area contributed by atoms with Crippen LogP contribution in [0.3, 0.4) is 0 Å². The second kappa shape index (κ2) is 6.93. The molecule has 0 atom stereocenters. The average Bonchev–Trinajstić information content (AvgIpc) is 2.49. The molecule has 0 aliphatic rings. The van der Waals surface area contributed by atoms with E-state index in [1.807, 2.05) is 0 Å². The summed E-state index contributed by atoms with van der Waals surface area (Å²) in [5.74, 6) is -3.30. The Morgan fingerprint density at radius 2 is 1.57 bits per heavy atom. The van der Waals surface area contributed by atoms with E-state index in [4.69, 9.17) is 5.11 Å². The van der Waals surface area contributed by atoms with E-state index in [9.17, 15) is 19.5 Å². The van der Waals surface area contributed by atoms with Crippen molar-refractivity contribution in [2.24, 2.45) is 0 Å². The van der Waals surface area contributed by atoms with Gasteiger partial charge in [0, 0.05) is 8.95 Å². The van der Waals surface area contributed by atoms with Gasteiger partial charge in [0.1, 0.15) is 0 Å². The molecule has 0 spiro atoms. The van der Waals surface area contributed by atoms with Crippen LogP contribution in [0.25, 0.3) is 0 Å². The van der Waals surface area contributed by atoms with E-state index in [2.05, 4.69) is 37.2 Å². The Labute approximate surface area is 147 Å². The van der Waals surface area contributed by atoms with Crippen LogP contribution < -0.4 is 5.32 Å². The van der Waals surface area contributed by atoms with Gasteiger partial charge in [-0.2, -0.15) is 0 Å². The number of nitrogens with one attached hydrogen (secondary N) is 1. The second-order valence-corrected chi connectivity index (χ2v) is 6.22. The summed E-state index contributed by atoms with van der Waals surface area (Å²) in [6, 6.07) is 8.39. The number of anilines is 1.